The van der Waals surface area contributed by atoms with Gasteiger partial charge >= 0.3 is 0 Å². The van der Waals surface area contributed by atoms with Crippen LogP contribution >= 0.6 is 0 Å². The second-order valence-electron chi connectivity index (χ2n) is 9.82. The molecule has 1 N–H and O–H groups in total. The minimum Gasteiger partial charge on any atom is -0.454 e. The second-order valence-corrected chi connectivity index (χ2v) is 9.82. The lowest BCUT2D eigenvalue weighted by Crippen LogP contribution is -2.59. The van der Waals surface area contributed by atoms with Gasteiger partial charge in [-0.15, -0.1) is 0 Å². The predicted octanol–water partition coefficient (Wildman–Crippen LogP) is 2.30. The minimum atomic E-state index is -0.909. The molecule has 6 rings (SSSR count). The van der Waals surface area contributed by atoms with Crippen molar-refractivity contribution in [2.75, 3.05) is 26.5 Å². The Kier molecular flexibility index (Phi) is 5.79. The molecule has 1 aliphatic carbocycles. The van der Waals surface area contributed by atoms with E-state index < -0.39 is 11.8 Å². The molecule has 3 fully saturated rings. The van der Waals surface area contributed by atoms with E-state index >= 15 is 0 Å². The normalized spacial score (nSPS) is 22.1. The first kappa shape index (κ1) is 22.8. The van der Waals surface area contributed by atoms with Crippen LogP contribution in [-0.4, -0.2) is 65.8 Å². The number of carbonyl (C=O) groups is 3. The van der Waals surface area contributed by atoms with Gasteiger partial charge in [0.2, 0.25) is 18.6 Å². The zero-order chi connectivity index (χ0) is 24.7. The van der Waals surface area contributed by atoms with Crippen molar-refractivity contribution in [2.45, 2.75) is 44.0 Å². The second kappa shape index (κ2) is 9.13. The summed E-state index contributed by atoms with van der Waals surface area (Å²) in [6.07, 6.45) is 2.88. The molecular formula is C27H29N3O6. The van der Waals surface area contributed by atoms with Crippen LogP contribution in [0.5, 0.6) is 11.5 Å². The number of hydrogen-bond donors (Lipinski definition) is 1. The molecule has 0 radical (unpaired) electrons. The first-order chi connectivity index (χ1) is 17.5. The molecule has 2 aromatic carbocycles. The summed E-state index contributed by atoms with van der Waals surface area (Å²) >= 11 is 0. The van der Waals surface area contributed by atoms with Crippen LogP contribution in [0.25, 0.3) is 0 Å². The topological polar surface area (TPSA) is 97.4 Å². The van der Waals surface area contributed by atoms with E-state index in [0.29, 0.717) is 43.0 Å². The number of amides is 3. The number of nitrogens with zero attached hydrogens (tertiary/aromatic N) is 2. The summed E-state index contributed by atoms with van der Waals surface area (Å²) in [5.74, 6) is 1.17. The summed E-state index contributed by atoms with van der Waals surface area (Å²) in [7, 11) is 0. The number of carbonyl (C=O) groups excluding carboxylic acids is 3. The van der Waals surface area contributed by atoms with Crippen LogP contribution in [0.3, 0.4) is 0 Å². The molecule has 9 nitrogen and oxygen atoms in total. The maximum absolute atomic E-state index is 13.7. The molecule has 2 aromatic rings. The Morgan fingerprint density at radius 3 is 2.47 bits per heavy atom. The summed E-state index contributed by atoms with van der Waals surface area (Å²) in [5, 5.41) is 2.97. The number of fused-ring (bicyclic) bond motifs is 1. The zero-order valence-corrected chi connectivity index (χ0v) is 20.0. The summed E-state index contributed by atoms with van der Waals surface area (Å²) in [6.45, 7) is 1.61. The monoisotopic (exact) mass is 491 g/mol. The van der Waals surface area contributed by atoms with Gasteiger partial charge in [-0.2, -0.15) is 0 Å². The largest absolute Gasteiger partial charge is 0.454 e. The van der Waals surface area contributed by atoms with E-state index in [1.807, 2.05) is 41.3 Å². The molecule has 0 bridgehead atoms. The molecule has 3 heterocycles. The highest BCUT2D eigenvalue weighted by atomic mass is 16.7. The first-order valence-corrected chi connectivity index (χ1v) is 12.5. The van der Waals surface area contributed by atoms with Crippen LogP contribution in [0, 0.1) is 5.92 Å². The van der Waals surface area contributed by atoms with Crippen LogP contribution < -0.4 is 14.8 Å². The Morgan fingerprint density at radius 2 is 1.72 bits per heavy atom. The standard InChI is InChI=1S/C27H29N3O6/c31-24(28-15-18-6-9-22-23(14-18)35-17-34-22)21-16-36-27(30(21)26(33)19-4-2-1-3-5-19)10-12-29(13-11-27)25(32)20-7-8-20/h1-6,9,14,20-21H,7-8,10-13,15-17H2,(H,28,31)/t21-/m0/s1. The van der Waals surface area contributed by atoms with Gasteiger partial charge in [0.05, 0.1) is 6.61 Å². The third-order valence-corrected chi connectivity index (χ3v) is 7.49. The van der Waals surface area contributed by atoms with Crippen LogP contribution in [0.15, 0.2) is 48.5 Å². The highest BCUT2D eigenvalue weighted by Gasteiger charge is 2.54. The average molecular weight is 492 g/mol. The molecule has 0 unspecified atom stereocenters. The van der Waals surface area contributed by atoms with Crippen LogP contribution in [0.2, 0.25) is 0 Å². The van der Waals surface area contributed by atoms with Crippen molar-refractivity contribution in [2.24, 2.45) is 5.92 Å². The molecule has 1 saturated carbocycles. The van der Waals surface area contributed by atoms with Crippen molar-refractivity contribution in [3.63, 3.8) is 0 Å². The summed E-state index contributed by atoms with van der Waals surface area (Å²) in [5.41, 5.74) is 0.468. The number of piperidine rings is 1. The quantitative estimate of drug-likeness (QED) is 0.690. The van der Waals surface area contributed by atoms with Gasteiger partial charge in [-0.3, -0.25) is 19.3 Å². The molecule has 0 aromatic heterocycles. The maximum atomic E-state index is 13.7. The molecule has 2 saturated heterocycles. The van der Waals surface area contributed by atoms with E-state index in [4.69, 9.17) is 14.2 Å². The van der Waals surface area contributed by atoms with E-state index in [2.05, 4.69) is 5.32 Å². The van der Waals surface area contributed by atoms with E-state index in [1.165, 1.54) is 0 Å². The highest BCUT2D eigenvalue weighted by Crippen LogP contribution is 2.40. The highest BCUT2D eigenvalue weighted by molar-refractivity contribution is 5.98. The number of likely N-dealkylation sites (tertiary alicyclic amines) is 1. The Labute approximate surface area is 209 Å². The summed E-state index contributed by atoms with van der Waals surface area (Å²) in [4.78, 5) is 43.2. The van der Waals surface area contributed by atoms with Crippen molar-refractivity contribution < 1.29 is 28.6 Å². The predicted molar refractivity (Wildman–Crippen MR) is 128 cm³/mol. The van der Waals surface area contributed by atoms with E-state index in [0.717, 1.165) is 18.4 Å². The minimum absolute atomic E-state index is 0.113. The van der Waals surface area contributed by atoms with Gasteiger partial charge < -0.3 is 24.4 Å². The fourth-order valence-electron chi connectivity index (χ4n) is 5.31. The van der Waals surface area contributed by atoms with Crippen molar-refractivity contribution in [1.29, 1.82) is 0 Å². The fourth-order valence-corrected chi connectivity index (χ4v) is 5.31. The van der Waals surface area contributed by atoms with Gasteiger partial charge in [-0.25, -0.2) is 0 Å². The summed E-state index contributed by atoms with van der Waals surface area (Å²) < 4.78 is 17.0. The van der Waals surface area contributed by atoms with Crippen molar-refractivity contribution in [3.8, 4) is 11.5 Å². The van der Waals surface area contributed by atoms with E-state index in [1.54, 1.807) is 17.0 Å². The van der Waals surface area contributed by atoms with Crippen LogP contribution in [0.4, 0.5) is 0 Å². The Balaban J connectivity index is 1.20. The lowest BCUT2D eigenvalue weighted by atomic mass is 9.96. The molecular weight excluding hydrogens is 462 g/mol. The number of hydrogen-bond acceptors (Lipinski definition) is 6. The molecule has 36 heavy (non-hydrogen) atoms. The Hall–Kier alpha value is -3.59. The molecule has 1 spiro atoms. The molecule has 188 valence electrons. The van der Waals surface area contributed by atoms with Gasteiger partial charge in [0.1, 0.15) is 11.8 Å². The van der Waals surface area contributed by atoms with Gasteiger partial charge in [0.15, 0.2) is 11.5 Å². The van der Waals surface area contributed by atoms with Crippen LogP contribution in [0.1, 0.15) is 41.6 Å². The first-order valence-electron chi connectivity index (χ1n) is 12.5. The van der Waals surface area contributed by atoms with Crippen molar-refractivity contribution in [3.05, 3.63) is 59.7 Å². The van der Waals surface area contributed by atoms with Gasteiger partial charge in [0.25, 0.3) is 5.91 Å². The molecule has 1 atom stereocenters. The fraction of sp³-hybridized carbons (Fsp3) is 0.444. The lowest BCUT2D eigenvalue weighted by Gasteiger charge is -2.44. The Morgan fingerprint density at radius 1 is 0.972 bits per heavy atom. The smallest absolute Gasteiger partial charge is 0.256 e. The lowest BCUT2D eigenvalue weighted by molar-refractivity contribution is -0.144. The number of nitrogens with one attached hydrogen (secondary N) is 1. The Bertz CT molecular complexity index is 1170. The molecule has 9 heteroatoms. The van der Waals surface area contributed by atoms with E-state index in [9.17, 15) is 14.4 Å². The summed E-state index contributed by atoms with van der Waals surface area (Å²) in [6, 6.07) is 13.7. The van der Waals surface area contributed by atoms with Gasteiger partial charge in [-0.05, 0) is 42.7 Å². The van der Waals surface area contributed by atoms with Crippen molar-refractivity contribution >= 4 is 17.7 Å². The molecule has 4 aliphatic rings. The zero-order valence-electron chi connectivity index (χ0n) is 20.0. The van der Waals surface area contributed by atoms with E-state index in [-0.39, 0.29) is 43.6 Å². The third kappa shape index (κ3) is 4.17. The number of rotatable bonds is 5. The van der Waals surface area contributed by atoms with Crippen molar-refractivity contribution in [1.82, 2.24) is 15.1 Å². The maximum Gasteiger partial charge on any atom is 0.256 e. The average Bonchev–Trinajstić information content (AvgIpc) is 3.56. The molecule has 3 amide bonds. The molecule has 3 aliphatic heterocycles. The SMILES string of the molecule is O=C(NCc1ccc2c(c1)OCO2)[C@@H]1COC2(CCN(C(=O)C3CC3)CC2)N1C(=O)c1ccccc1. The number of benzene rings is 2. The third-order valence-electron chi connectivity index (χ3n) is 7.49. The van der Waals surface area contributed by atoms with Crippen LogP contribution in [-0.2, 0) is 20.9 Å². The van der Waals surface area contributed by atoms with Gasteiger partial charge in [-0.1, -0.05) is 24.3 Å². The van der Waals surface area contributed by atoms with Gasteiger partial charge in [0, 0.05) is 44.0 Å². The number of ether oxygens (including phenoxy) is 3.